The summed E-state index contributed by atoms with van der Waals surface area (Å²) in [6.45, 7) is 8.93. The summed E-state index contributed by atoms with van der Waals surface area (Å²) in [7, 11) is 2.22. The monoisotopic (exact) mass is 354 g/mol. The number of hydrogen-bond donors (Lipinski definition) is 1. The van der Waals surface area contributed by atoms with Crippen LogP contribution < -0.4 is 5.32 Å². The molecule has 0 spiro atoms. The average molecular weight is 354 g/mol. The number of nitrogens with one attached hydrogen (secondary N) is 1. The Hall–Kier alpha value is -1.98. The minimum atomic E-state index is 0.384. The fourth-order valence-corrected chi connectivity index (χ4v) is 4.17. The first kappa shape index (κ1) is 17.4. The maximum Gasteiger partial charge on any atom is 0.104 e. The highest BCUT2D eigenvalue weighted by atomic mass is 16.5. The van der Waals surface area contributed by atoms with Gasteiger partial charge in [-0.1, -0.05) is 30.3 Å². The number of morpholine rings is 1. The molecule has 140 valence electrons. The molecule has 0 radical (unpaired) electrons. The number of likely N-dealkylation sites (N-methyl/N-ethyl adjacent to an activating group) is 1. The summed E-state index contributed by atoms with van der Waals surface area (Å²) in [5, 5.41) is 3.62. The number of dihydropyridines is 1. The van der Waals surface area contributed by atoms with Crippen LogP contribution in [0.3, 0.4) is 0 Å². The van der Waals surface area contributed by atoms with Gasteiger partial charge in [-0.15, -0.1) is 0 Å². The van der Waals surface area contributed by atoms with Crippen molar-refractivity contribution in [3.8, 4) is 0 Å². The quantitative estimate of drug-likeness (QED) is 0.898. The minimum absolute atomic E-state index is 0.384. The van der Waals surface area contributed by atoms with Crippen molar-refractivity contribution in [2.45, 2.75) is 19.0 Å². The van der Waals surface area contributed by atoms with E-state index in [9.17, 15) is 0 Å². The molecule has 2 fully saturated rings. The van der Waals surface area contributed by atoms with Gasteiger partial charge in [0.05, 0.1) is 19.3 Å². The lowest BCUT2D eigenvalue weighted by Gasteiger charge is -2.44. The molecule has 0 aliphatic carbocycles. The largest absolute Gasteiger partial charge is 0.377 e. The first-order valence-electron chi connectivity index (χ1n) is 9.72. The van der Waals surface area contributed by atoms with Crippen LogP contribution in [0.25, 0.3) is 0 Å². The summed E-state index contributed by atoms with van der Waals surface area (Å²) in [5.74, 6) is 1.25. The molecule has 0 saturated carbocycles. The molecule has 0 amide bonds. The normalized spacial score (nSPS) is 27.6. The van der Waals surface area contributed by atoms with Gasteiger partial charge in [0.1, 0.15) is 5.82 Å². The Morgan fingerprint density at radius 2 is 1.92 bits per heavy atom. The fraction of sp³-hybridized carbons (Fsp3) is 0.524. The second kappa shape index (κ2) is 7.72. The van der Waals surface area contributed by atoms with Crippen molar-refractivity contribution < 1.29 is 4.74 Å². The average Bonchev–Trinajstić information content (AvgIpc) is 2.69. The Bertz CT molecular complexity index is 672. The van der Waals surface area contributed by atoms with Crippen molar-refractivity contribution in [1.29, 1.82) is 0 Å². The number of benzene rings is 1. The van der Waals surface area contributed by atoms with Crippen LogP contribution in [0.2, 0.25) is 0 Å². The van der Waals surface area contributed by atoms with Gasteiger partial charge in [0, 0.05) is 50.5 Å². The van der Waals surface area contributed by atoms with Gasteiger partial charge in [-0.05, 0) is 25.6 Å². The highest BCUT2D eigenvalue weighted by molar-refractivity contribution is 5.29. The molecule has 1 unspecified atom stereocenters. The highest BCUT2D eigenvalue weighted by Gasteiger charge is 2.30. The van der Waals surface area contributed by atoms with Gasteiger partial charge < -0.3 is 24.8 Å². The smallest absolute Gasteiger partial charge is 0.104 e. The Morgan fingerprint density at radius 3 is 2.73 bits per heavy atom. The maximum atomic E-state index is 5.61. The molecule has 26 heavy (non-hydrogen) atoms. The van der Waals surface area contributed by atoms with Gasteiger partial charge in [0.25, 0.3) is 0 Å². The van der Waals surface area contributed by atoms with E-state index in [1.807, 2.05) is 0 Å². The van der Waals surface area contributed by atoms with Gasteiger partial charge in [-0.25, -0.2) is 0 Å². The van der Waals surface area contributed by atoms with E-state index >= 15 is 0 Å². The van der Waals surface area contributed by atoms with E-state index in [1.165, 1.54) is 17.1 Å². The van der Waals surface area contributed by atoms with Crippen LogP contribution in [0.5, 0.6) is 0 Å². The third-order valence-electron chi connectivity index (χ3n) is 5.66. The van der Waals surface area contributed by atoms with E-state index in [0.29, 0.717) is 12.1 Å². The molecule has 1 N–H and O–H groups in total. The third kappa shape index (κ3) is 3.60. The predicted octanol–water partition coefficient (Wildman–Crippen LogP) is 2.02. The van der Waals surface area contributed by atoms with E-state index in [0.717, 1.165) is 45.9 Å². The molecule has 4 rings (SSSR count). The van der Waals surface area contributed by atoms with Crippen molar-refractivity contribution in [1.82, 2.24) is 20.0 Å². The second-order valence-electron chi connectivity index (χ2n) is 7.54. The van der Waals surface area contributed by atoms with E-state index in [1.54, 1.807) is 0 Å². The second-order valence-corrected chi connectivity index (χ2v) is 7.54. The topological polar surface area (TPSA) is 31.0 Å². The number of hydrogen-bond acceptors (Lipinski definition) is 5. The first-order valence-corrected chi connectivity index (χ1v) is 9.72. The number of piperazine rings is 1. The summed E-state index contributed by atoms with van der Waals surface area (Å²) < 4.78 is 5.61. The van der Waals surface area contributed by atoms with Crippen LogP contribution in [0, 0.1) is 0 Å². The molecule has 2 saturated heterocycles. The zero-order valence-corrected chi connectivity index (χ0v) is 15.9. The van der Waals surface area contributed by atoms with E-state index in [-0.39, 0.29) is 0 Å². The van der Waals surface area contributed by atoms with Crippen LogP contribution in [-0.2, 0) is 4.74 Å². The van der Waals surface area contributed by atoms with Gasteiger partial charge in [-0.2, -0.15) is 0 Å². The number of rotatable bonds is 3. The van der Waals surface area contributed by atoms with E-state index in [2.05, 4.69) is 76.5 Å². The summed E-state index contributed by atoms with van der Waals surface area (Å²) in [4.78, 5) is 7.46. The lowest BCUT2D eigenvalue weighted by Crippen LogP contribution is -2.50. The lowest BCUT2D eigenvalue weighted by molar-refractivity contribution is 0.0181. The van der Waals surface area contributed by atoms with Crippen molar-refractivity contribution in [3.05, 3.63) is 59.6 Å². The Labute approximate surface area is 156 Å². The Morgan fingerprint density at radius 1 is 1.08 bits per heavy atom. The fourth-order valence-electron chi connectivity index (χ4n) is 4.17. The third-order valence-corrected chi connectivity index (χ3v) is 5.66. The molecule has 2 atom stereocenters. The molecule has 0 bridgehead atoms. The zero-order chi connectivity index (χ0) is 17.9. The van der Waals surface area contributed by atoms with E-state index < -0.39 is 0 Å². The summed E-state index contributed by atoms with van der Waals surface area (Å²) in [6.07, 6.45) is 4.64. The van der Waals surface area contributed by atoms with Gasteiger partial charge in [-0.3, -0.25) is 0 Å². The minimum Gasteiger partial charge on any atom is -0.377 e. The molecule has 3 aliphatic heterocycles. The first-order chi connectivity index (χ1) is 12.7. The van der Waals surface area contributed by atoms with E-state index in [4.69, 9.17) is 4.74 Å². The van der Waals surface area contributed by atoms with Crippen molar-refractivity contribution >= 4 is 0 Å². The summed E-state index contributed by atoms with van der Waals surface area (Å²) >= 11 is 0. The molecule has 1 aromatic carbocycles. The number of ether oxygens (including phenoxy) is 1. The molecule has 5 nitrogen and oxygen atoms in total. The summed E-state index contributed by atoms with van der Waals surface area (Å²) in [6, 6.07) is 11.7. The Balaban J connectivity index is 1.59. The van der Waals surface area contributed by atoms with Crippen LogP contribution in [-0.4, -0.2) is 73.7 Å². The van der Waals surface area contributed by atoms with Crippen LogP contribution in [0.4, 0.5) is 0 Å². The van der Waals surface area contributed by atoms with Crippen molar-refractivity contribution in [3.63, 3.8) is 0 Å². The molecular weight excluding hydrogens is 324 g/mol. The molecule has 3 heterocycles. The predicted molar refractivity (Wildman–Crippen MR) is 105 cm³/mol. The molecule has 0 aromatic heterocycles. The van der Waals surface area contributed by atoms with Crippen molar-refractivity contribution in [2.75, 3.05) is 53.0 Å². The molecular formula is C21H30N4O. The van der Waals surface area contributed by atoms with Crippen LogP contribution in [0.15, 0.2) is 54.0 Å². The lowest BCUT2D eigenvalue weighted by atomic mass is 10.0. The number of allylic oxidation sites excluding steroid dienone is 1. The maximum absolute atomic E-state index is 5.61. The standard InChI is InChI=1S/C21H30N4O/c1-17-16-26-13-12-24(17)19-8-9-22-21(14-19)25-11-10-23(2)15-20(25)18-6-4-3-5-7-18/h3-8,14,17,20,22H,9-13,15-16H2,1-2H3/t17-,20?/m1/s1. The highest BCUT2D eigenvalue weighted by Crippen LogP contribution is 2.29. The molecule has 1 aromatic rings. The van der Waals surface area contributed by atoms with Gasteiger partial charge in [0.15, 0.2) is 0 Å². The van der Waals surface area contributed by atoms with Gasteiger partial charge >= 0.3 is 0 Å². The molecule has 3 aliphatic rings. The number of nitrogens with zero attached hydrogens (tertiary/aromatic N) is 3. The van der Waals surface area contributed by atoms with Crippen LogP contribution in [0.1, 0.15) is 18.5 Å². The van der Waals surface area contributed by atoms with Crippen molar-refractivity contribution in [2.24, 2.45) is 0 Å². The van der Waals surface area contributed by atoms with Crippen LogP contribution >= 0.6 is 0 Å². The summed E-state index contributed by atoms with van der Waals surface area (Å²) in [5.41, 5.74) is 2.72. The SMILES string of the molecule is C[C@@H]1COCCN1C1=CCNC(N2CCN(C)CC2c2ccccc2)=C1. The zero-order valence-electron chi connectivity index (χ0n) is 15.9. The Kier molecular flexibility index (Phi) is 5.18. The van der Waals surface area contributed by atoms with Gasteiger partial charge in [0.2, 0.25) is 0 Å². The molecule has 5 heteroatoms.